The highest BCUT2D eigenvalue weighted by Gasteiger charge is 2.20. The molecule has 0 saturated heterocycles. The maximum Gasteiger partial charge on any atom is 0.305 e. The van der Waals surface area contributed by atoms with E-state index < -0.39 is 12.1 Å². The van der Waals surface area contributed by atoms with Crippen molar-refractivity contribution in [2.75, 3.05) is 13.2 Å². The monoisotopic (exact) mass is 944 g/mol. The Balaban J connectivity index is 3.36. The Morgan fingerprint density at radius 1 is 0.403 bits per heavy atom. The molecule has 0 spiro atoms. The SMILES string of the molecule is CCCCCC/C=C\CCCCCCCC(=O)OCCCCCCCCCCCCCC/C=C\CCCCCCCCCCCCCC(=O)NC(CO)C(O)CCCCCCCCCCCC. The second kappa shape index (κ2) is 56.9. The molecule has 0 aliphatic heterocycles. The molecule has 67 heavy (non-hydrogen) atoms. The lowest BCUT2D eigenvalue weighted by Crippen LogP contribution is -2.45. The van der Waals surface area contributed by atoms with Crippen molar-refractivity contribution < 1.29 is 24.5 Å². The number of nitrogens with one attached hydrogen (secondary N) is 1. The lowest BCUT2D eigenvalue weighted by Gasteiger charge is -2.22. The first-order chi connectivity index (χ1) is 33.0. The Morgan fingerprint density at radius 3 is 1.07 bits per heavy atom. The number of carbonyl (C=O) groups is 2. The second-order valence-corrected chi connectivity index (χ2v) is 20.7. The van der Waals surface area contributed by atoms with Crippen LogP contribution < -0.4 is 5.32 Å². The van der Waals surface area contributed by atoms with Gasteiger partial charge in [-0.25, -0.2) is 0 Å². The molecule has 0 aromatic rings. The normalized spacial score (nSPS) is 12.7. The van der Waals surface area contributed by atoms with Crippen LogP contribution in [0.2, 0.25) is 0 Å². The van der Waals surface area contributed by atoms with Crippen LogP contribution in [0.4, 0.5) is 0 Å². The first-order valence-corrected chi connectivity index (χ1v) is 30.1. The van der Waals surface area contributed by atoms with Crippen molar-refractivity contribution in [3.63, 3.8) is 0 Å². The smallest absolute Gasteiger partial charge is 0.305 e. The van der Waals surface area contributed by atoms with E-state index in [1.54, 1.807) is 0 Å². The van der Waals surface area contributed by atoms with Crippen LogP contribution in [0, 0.1) is 0 Å². The van der Waals surface area contributed by atoms with Crippen molar-refractivity contribution in [1.82, 2.24) is 5.32 Å². The van der Waals surface area contributed by atoms with Crippen LogP contribution >= 0.6 is 0 Å². The van der Waals surface area contributed by atoms with Crippen LogP contribution in [0.1, 0.15) is 328 Å². The lowest BCUT2D eigenvalue weighted by atomic mass is 10.0. The second-order valence-electron chi connectivity index (χ2n) is 20.7. The largest absolute Gasteiger partial charge is 0.466 e. The van der Waals surface area contributed by atoms with E-state index in [0.29, 0.717) is 25.9 Å². The van der Waals surface area contributed by atoms with E-state index >= 15 is 0 Å². The predicted octanol–water partition coefficient (Wildman–Crippen LogP) is 18.6. The van der Waals surface area contributed by atoms with Gasteiger partial charge in [0.25, 0.3) is 0 Å². The third kappa shape index (κ3) is 53.5. The van der Waals surface area contributed by atoms with Crippen LogP contribution in [0.15, 0.2) is 24.3 Å². The van der Waals surface area contributed by atoms with E-state index in [0.717, 1.165) is 44.9 Å². The number of ether oxygens (including phenoxy) is 1. The van der Waals surface area contributed by atoms with E-state index in [9.17, 15) is 19.8 Å². The molecular weight excluding hydrogens is 827 g/mol. The van der Waals surface area contributed by atoms with E-state index in [1.807, 2.05) is 0 Å². The Labute approximate surface area is 418 Å². The zero-order chi connectivity index (χ0) is 48.6. The summed E-state index contributed by atoms with van der Waals surface area (Å²) in [6.07, 6.45) is 69.1. The summed E-state index contributed by atoms with van der Waals surface area (Å²) < 4.78 is 5.47. The topological polar surface area (TPSA) is 95.9 Å². The van der Waals surface area contributed by atoms with Crippen LogP contribution in [0.25, 0.3) is 0 Å². The zero-order valence-electron chi connectivity index (χ0n) is 45.1. The molecular formula is C61H117NO5. The summed E-state index contributed by atoms with van der Waals surface area (Å²) in [7, 11) is 0. The van der Waals surface area contributed by atoms with Gasteiger partial charge in [-0.15, -0.1) is 0 Å². The van der Waals surface area contributed by atoms with Crippen molar-refractivity contribution in [3.05, 3.63) is 24.3 Å². The molecule has 0 rings (SSSR count). The molecule has 3 N–H and O–H groups in total. The molecule has 0 aliphatic carbocycles. The number of hydrogen-bond acceptors (Lipinski definition) is 5. The summed E-state index contributed by atoms with van der Waals surface area (Å²) in [6.45, 7) is 4.93. The number of unbranched alkanes of at least 4 members (excludes halogenated alkanes) is 41. The molecule has 6 nitrogen and oxygen atoms in total. The van der Waals surface area contributed by atoms with Gasteiger partial charge in [-0.1, -0.05) is 263 Å². The van der Waals surface area contributed by atoms with Crippen molar-refractivity contribution in [2.24, 2.45) is 0 Å². The van der Waals surface area contributed by atoms with Crippen molar-refractivity contribution in [2.45, 2.75) is 341 Å². The summed E-state index contributed by atoms with van der Waals surface area (Å²) in [5.41, 5.74) is 0. The Bertz CT molecular complexity index is 1040. The van der Waals surface area contributed by atoms with Gasteiger partial charge in [-0.3, -0.25) is 9.59 Å². The minimum atomic E-state index is -0.662. The number of amides is 1. The van der Waals surface area contributed by atoms with Crippen molar-refractivity contribution in [1.29, 1.82) is 0 Å². The van der Waals surface area contributed by atoms with E-state index in [-0.39, 0.29) is 18.5 Å². The van der Waals surface area contributed by atoms with Gasteiger partial charge >= 0.3 is 5.97 Å². The lowest BCUT2D eigenvalue weighted by molar-refractivity contribution is -0.143. The first-order valence-electron chi connectivity index (χ1n) is 30.1. The molecule has 0 saturated carbocycles. The number of hydrogen-bond donors (Lipinski definition) is 3. The Hall–Kier alpha value is -1.66. The number of allylic oxidation sites excluding steroid dienone is 4. The number of rotatable bonds is 56. The number of aliphatic hydroxyl groups excluding tert-OH is 2. The van der Waals surface area contributed by atoms with E-state index in [1.165, 1.54) is 250 Å². The molecule has 2 unspecified atom stereocenters. The van der Waals surface area contributed by atoms with Gasteiger partial charge in [-0.05, 0) is 77.0 Å². The van der Waals surface area contributed by atoms with Crippen molar-refractivity contribution >= 4 is 11.9 Å². The highest BCUT2D eigenvalue weighted by molar-refractivity contribution is 5.76. The average molecular weight is 945 g/mol. The van der Waals surface area contributed by atoms with Crippen LogP contribution in [-0.4, -0.2) is 47.4 Å². The Morgan fingerprint density at radius 2 is 0.701 bits per heavy atom. The molecule has 0 bridgehead atoms. The standard InChI is InChI=1S/C61H117NO5/c1-3-5-7-9-11-13-15-31-35-39-43-47-51-55-61(66)67-56-52-48-44-40-36-33-30-28-26-24-22-20-18-16-17-19-21-23-25-27-29-32-34-38-42-46-50-54-60(65)62-58(57-63)59(64)53-49-45-41-37-14-12-10-8-6-4-2/h13,15-17,58-59,63-64H,3-12,14,18-57H2,1-2H3,(H,62,65)/b15-13-,17-16-. The van der Waals surface area contributed by atoms with Gasteiger partial charge in [0.2, 0.25) is 5.91 Å². The first kappa shape index (κ1) is 65.3. The Kier molecular flexibility index (Phi) is 55.5. The quantitative estimate of drug-likeness (QED) is 0.0321. The fourth-order valence-corrected chi connectivity index (χ4v) is 9.34. The number of esters is 1. The fourth-order valence-electron chi connectivity index (χ4n) is 9.34. The predicted molar refractivity (Wildman–Crippen MR) is 292 cm³/mol. The molecule has 0 aliphatic rings. The van der Waals surface area contributed by atoms with Gasteiger partial charge < -0.3 is 20.3 Å². The maximum absolute atomic E-state index is 12.4. The van der Waals surface area contributed by atoms with Crippen LogP contribution in [0.3, 0.4) is 0 Å². The van der Waals surface area contributed by atoms with Gasteiger partial charge in [0.1, 0.15) is 0 Å². The average Bonchev–Trinajstić information content (AvgIpc) is 3.33. The molecule has 2 atom stereocenters. The van der Waals surface area contributed by atoms with Crippen molar-refractivity contribution in [3.8, 4) is 0 Å². The zero-order valence-corrected chi connectivity index (χ0v) is 45.1. The molecule has 0 fully saturated rings. The molecule has 0 heterocycles. The molecule has 0 aromatic carbocycles. The summed E-state index contributed by atoms with van der Waals surface area (Å²) in [5, 5.41) is 23.1. The maximum atomic E-state index is 12.4. The van der Waals surface area contributed by atoms with E-state index in [4.69, 9.17) is 4.74 Å². The highest BCUT2D eigenvalue weighted by Crippen LogP contribution is 2.17. The summed E-state index contributed by atoms with van der Waals surface area (Å²) in [4.78, 5) is 24.4. The van der Waals surface area contributed by atoms with E-state index in [2.05, 4.69) is 43.5 Å². The third-order valence-corrected chi connectivity index (χ3v) is 14.0. The van der Waals surface area contributed by atoms with Gasteiger partial charge in [0.05, 0.1) is 25.4 Å². The van der Waals surface area contributed by atoms with Gasteiger partial charge in [0, 0.05) is 12.8 Å². The van der Waals surface area contributed by atoms with Gasteiger partial charge in [-0.2, -0.15) is 0 Å². The molecule has 0 aromatic heterocycles. The minimum absolute atomic E-state index is 0.00583. The summed E-state index contributed by atoms with van der Waals surface area (Å²) in [5.74, 6) is -0.0309. The third-order valence-electron chi connectivity index (χ3n) is 14.0. The fraction of sp³-hybridized carbons (Fsp3) is 0.902. The molecule has 6 heteroatoms. The van der Waals surface area contributed by atoms with Gasteiger partial charge in [0.15, 0.2) is 0 Å². The molecule has 396 valence electrons. The number of carbonyl (C=O) groups excluding carboxylic acids is 2. The summed E-state index contributed by atoms with van der Waals surface area (Å²) in [6, 6.07) is -0.540. The summed E-state index contributed by atoms with van der Waals surface area (Å²) >= 11 is 0. The minimum Gasteiger partial charge on any atom is -0.466 e. The van der Waals surface area contributed by atoms with Crippen LogP contribution in [-0.2, 0) is 14.3 Å². The van der Waals surface area contributed by atoms with Crippen LogP contribution in [0.5, 0.6) is 0 Å². The highest BCUT2D eigenvalue weighted by atomic mass is 16.5. The molecule has 1 amide bonds. The number of aliphatic hydroxyl groups is 2. The molecule has 0 radical (unpaired) electrons.